The Morgan fingerprint density at radius 3 is 2.48 bits per heavy atom. The van der Waals surface area contributed by atoms with E-state index >= 15 is 0 Å². The normalized spacial score (nSPS) is 16.6. The molecule has 2 amide bonds. The standard InChI is InChI=1S/C12H16N4O4S/c1-2-5-13-10-4-3-9(6-14-10)21(19,20)16-7-11(17)15-12(18)8-16/h3-4,6H,2,5,7-8H2,1H3,(H,13,14)(H,15,17,18). The molecule has 8 nitrogen and oxygen atoms in total. The Bertz CT molecular complexity index is 626. The van der Waals surface area contributed by atoms with Crippen LogP contribution in [0.2, 0.25) is 0 Å². The van der Waals surface area contributed by atoms with Gasteiger partial charge < -0.3 is 5.32 Å². The van der Waals surface area contributed by atoms with Gasteiger partial charge in [0.2, 0.25) is 21.8 Å². The molecule has 9 heteroatoms. The first-order chi connectivity index (χ1) is 9.93. The van der Waals surface area contributed by atoms with E-state index in [9.17, 15) is 18.0 Å². The predicted molar refractivity (Wildman–Crippen MR) is 74.9 cm³/mol. The molecule has 21 heavy (non-hydrogen) atoms. The van der Waals surface area contributed by atoms with Crippen LogP contribution in [0.5, 0.6) is 0 Å². The average molecular weight is 312 g/mol. The topological polar surface area (TPSA) is 108 Å². The monoisotopic (exact) mass is 312 g/mol. The molecule has 2 heterocycles. The average Bonchev–Trinajstić information content (AvgIpc) is 2.44. The molecule has 0 aliphatic carbocycles. The number of hydrogen-bond acceptors (Lipinski definition) is 6. The van der Waals surface area contributed by atoms with Gasteiger partial charge in [0.05, 0.1) is 13.1 Å². The first-order valence-electron chi connectivity index (χ1n) is 6.46. The lowest BCUT2D eigenvalue weighted by atomic mass is 10.4. The quantitative estimate of drug-likeness (QED) is 0.713. The fourth-order valence-electron chi connectivity index (χ4n) is 1.82. The fraction of sp³-hybridized carbons (Fsp3) is 0.417. The lowest BCUT2D eigenvalue weighted by Gasteiger charge is -2.24. The first-order valence-corrected chi connectivity index (χ1v) is 7.90. The van der Waals surface area contributed by atoms with Gasteiger partial charge in [0.25, 0.3) is 0 Å². The van der Waals surface area contributed by atoms with Gasteiger partial charge in [-0.2, -0.15) is 4.31 Å². The van der Waals surface area contributed by atoms with Gasteiger partial charge in [0, 0.05) is 12.7 Å². The van der Waals surface area contributed by atoms with Crippen molar-refractivity contribution in [3.8, 4) is 0 Å². The van der Waals surface area contributed by atoms with Gasteiger partial charge in [-0.3, -0.25) is 14.9 Å². The zero-order valence-corrected chi connectivity index (χ0v) is 12.3. The Labute approximate surface area is 122 Å². The summed E-state index contributed by atoms with van der Waals surface area (Å²) in [6.45, 7) is 2.00. The summed E-state index contributed by atoms with van der Waals surface area (Å²) in [5.74, 6) is -0.698. The summed E-state index contributed by atoms with van der Waals surface area (Å²) in [7, 11) is -3.90. The van der Waals surface area contributed by atoms with Crippen molar-refractivity contribution in [2.24, 2.45) is 0 Å². The number of sulfonamides is 1. The number of nitrogens with zero attached hydrogens (tertiary/aromatic N) is 2. The summed E-state index contributed by atoms with van der Waals surface area (Å²) >= 11 is 0. The number of hydrogen-bond donors (Lipinski definition) is 2. The maximum Gasteiger partial charge on any atom is 0.245 e. The van der Waals surface area contributed by atoms with Crippen molar-refractivity contribution < 1.29 is 18.0 Å². The summed E-state index contributed by atoms with van der Waals surface area (Å²) in [4.78, 5) is 26.5. The van der Waals surface area contributed by atoms with Crippen LogP contribution in [0.25, 0.3) is 0 Å². The minimum Gasteiger partial charge on any atom is -0.370 e. The van der Waals surface area contributed by atoms with E-state index < -0.39 is 21.8 Å². The van der Waals surface area contributed by atoms with Gasteiger partial charge in [0.1, 0.15) is 10.7 Å². The molecule has 0 unspecified atom stereocenters. The maximum atomic E-state index is 12.3. The second-order valence-electron chi connectivity index (χ2n) is 4.55. The third kappa shape index (κ3) is 3.56. The van der Waals surface area contributed by atoms with E-state index in [0.29, 0.717) is 5.82 Å². The smallest absolute Gasteiger partial charge is 0.245 e. The highest BCUT2D eigenvalue weighted by Crippen LogP contribution is 2.17. The van der Waals surface area contributed by atoms with Crippen LogP contribution < -0.4 is 10.6 Å². The summed E-state index contributed by atoms with van der Waals surface area (Å²) in [5.41, 5.74) is 0. The van der Waals surface area contributed by atoms with Crippen molar-refractivity contribution in [2.45, 2.75) is 18.2 Å². The zero-order valence-electron chi connectivity index (χ0n) is 11.5. The number of anilines is 1. The van der Waals surface area contributed by atoms with Gasteiger partial charge in [-0.1, -0.05) is 6.92 Å². The molecule has 1 aliphatic heterocycles. The highest BCUT2D eigenvalue weighted by molar-refractivity contribution is 7.89. The van der Waals surface area contributed by atoms with Gasteiger partial charge in [-0.25, -0.2) is 13.4 Å². The van der Waals surface area contributed by atoms with E-state index in [1.165, 1.54) is 12.3 Å². The second-order valence-corrected chi connectivity index (χ2v) is 6.49. The van der Waals surface area contributed by atoms with E-state index in [0.717, 1.165) is 17.3 Å². The van der Waals surface area contributed by atoms with Crippen molar-refractivity contribution in [1.82, 2.24) is 14.6 Å². The van der Waals surface area contributed by atoms with E-state index in [2.05, 4.69) is 15.6 Å². The number of rotatable bonds is 5. The molecule has 1 aromatic rings. The summed E-state index contributed by atoms with van der Waals surface area (Å²) in [6.07, 6.45) is 2.14. The third-order valence-electron chi connectivity index (χ3n) is 2.85. The SMILES string of the molecule is CCCNc1ccc(S(=O)(=O)N2CC(=O)NC(=O)C2)cn1. The lowest BCUT2D eigenvalue weighted by Crippen LogP contribution is -2.53. The molecule has 0 saturated carbocycles. The Morgan fingerprint density at radius 2 is 1.95 bits per heavy atom. The Hall–Kier alpha value is -2.00. The van der Waals surface area contributed by atoms with Crippen LogP contribution in [0.1, 0.15) is 13.3 Å². The zero-order chi connectivity index (χ0) is 15.5. The van der Waals surface area contributed by atoms with Crippen molar-refractivity contribution in [1.29, 1.82) is 0 Å². The number of carbonyl (C=O) groups excluding carboxylic acids is 2. The molecule has 0 aromatic carbocycles. The lowest BCUT2D eigenvalue weighted by molar-refractivity contribution is -0.134. The van der Waals surface area contributed by atoms with Gasteiger partial charge in [-0.15, -0.1) is 0 Å². The number of piperazine rings is 1. The molecule has 0 spiro atoms. The molecule has 0 bridgehead atoms. The second kappa shape index (κ2) is 6.19. The van der Waals surface area contributed by atoms with Gasteiger partial charge >= 0.3 is 0 Å². The molecule has 1 fully saturated rings. The van der Waals surface area contributed by atoms with Crippen LogP contribution in [0.4, 0.5) is 5.82 Å². The van der Waals surface area contributed by atoms with E-state index in [1.807, 2.05) is 6.92 Å². The number of pyridine rings is 1. The molecule has 2 rings (SSSR count). The minimum atomic E-state index is -3.90. The molecule has 114 valence electrons. The van der Waals surface area contributed by atoms with Crippen LogP contribution in [0.3, 0.4) is 0 Å². The molecular weight excluding hydrogens is 296 g/mol. The first kappa shape index (κ1) is 15.4. The van der Waals surface area contributed by atoms with E-state index in [1.54, 1.807) is 6.07 Å². The van der Waals surface area contributed by atoms with Gasteiger partial charge in [0.15, 0.2) is 0 Å². The Kier molecular flexibility index (Phi) is 4.53. The molecule has 2 N–H and O–H groups in total. The molecule has 0 atom stereocenters. The van der Waals surface area contributed by atoms with E-state index in [4.69, 9.17) is 0 Å². The van der Waals surface area contributed by atoms with Crippen molar-refractivity contribution in [2.75, 3.05) is 25.0 Å². The molecule has 1 aliphatic rings. The molecule has 1 saturated heterocycles. The molecular formula is C12H16N4O4S. The number of nitrogens with one attached hydrogen (secondary N) is 2. The largest absolute Gasteiger partial charge is 0.370 e. The highest BCUT2D eigenvalue weighted by atomic mass is 32.2. The summed E-state index contributed by atoms with van der Waals surface area (Å²) in [6, 6.07) is 2.95. The van der Waals surface area contributed by atoms with E-state index in [-0.39, 0.29) is 18.0 Å². The third-order valence-corrected chi connectivity index (χ3v) is 4.62. The van der Waals surface area contributed by atoms with Crippen LogP contribution in [-0.4, -0.2) is 49.2 Å². The number of imide groups is 1. The van der Waals surface area contributed by atoms with Crippen LogP contribution in [-0.2, 0) is 19.6 Å². The Balaban J connectivity index is 2.19. The summed E-state index contributed by atoms with van der Waals surface area (Å²) < 4.78 is 25.5. The minimum absolute atomic E-state index is 0.0490. The fourth-order valence-corrected chi connectivity index (χ4v) is 3.12. The van der Waals surface area contributed by atoms with Crippen LogP contribution in [0, 0.1) is 0 Å². The highest BCUT2D eigenvalue weighted by Gasteiger charge is 2.33. The van der Waals surface area contributed by atoms with Crippen molar-refractivity contribution in [3.63, 3.8) is 0 Å². The van der Waals surface area contributed by atoms with Crippen LogP contribution in [0.15, 0.2) is 23.2 Å². The number of aromatic nitrogens is 1. The van der Waals surface area contributed by atoms with Gasteiger partial charge in [-0.05, 0) is 18.6 Å². The Morgan fingerprint density at radius 1 is 1.29 bits per heavy atom. The number of amides is 2. The maximum absolute atomic E-state index is 12.3. The van der Waals surface area contributed by atoms with Crippen molar-refractivity contribution in [3.05, 3.63) is 18.3 Å². The number of carbonyl (C=O) groups is 2. The van der Waals surface area contributed by atoms with Crippen LogP contribution >= 0.6 is 0 Å². The molecule has 1 aromatic heterocycles. The summed E-state index contributed by atoms with van der Waals surface area (Å²) in [5, 5.41) is 5.08. The predicted octanol–water partition coefficient (Wildman–Crippen LogP) is -0.449. The van der Waals surface area contributed by atoms with Crippen molar-refractivity contribution >= 4 is 27.7 Å². The molecule has 0 radical (unpaired) electrons.